The number of carboxylic acid groups (broad SMARTS) is 1. The molecule has 88 valence electrons. The normalized spacial score (nSPS) is 17.2. The molecule has 1 aromatic carbocycles. The number of rotatable bonds is 3. The van der Waals surface area contributed by atoms with E-state index in [0.717, 1.165) is 35.1 Å². The molecule has 1 fully saturated rings. The van der Waals surface area contributed by atoms with Crippen molar-refractivity contribution in [3.05, 3.63) is 29.5 Å². The van der Waals surface area contributed by atoms with Gasteiger partial charge in [0.25, 0.3) is 0 Å². The number of aliphatic carboxylic acids is 1. The monoisotopic (exact) mass is 231 g/mol. The maximum atomic E-state index is 10.9. The van der Waals surface area contributed by atoms with Gasteiger partial charge in [-0.2, -0.15) is 0 Å². The highest BCUT2D eigenvalue weighted by Gasteiger charge is 2.47. The third kappa shape index (κ3) is 1.52. The van der Waals surface area contributed by atoms with Gasteiger partial charge in [-0.1, -0.05) is 17.3 Å². The first-order valence-corrected chi connectivity index (χ1v) is 5.70. The molecular formula is C13H13NO3. The van der Waals surface area contributed by atoms with Crippen molar-refractivity contribution in [2.75, 3.05) is 0 Å². The fourth-order valence-corrected chi connectivity index (χ4v) is 2.48. The first kappa shape index (κ1) is 10.3. The van der Waals surface area contributed by atoms with Crippen LogP contribution < -0.4 is 0 Å². The van der Waals surface area contributed by atoms with Crippen LogP contribution in [0.4, 0.5) is 0 Å². The Morgan fingerprint density at radius 1 is 1.53 bits per heavy atom. The molecule has 0 spiro atoms. The molecule has 4 heteroatoms. The molecule has 1 aromatic heterocycles. The van der Waals surface area contributed by atoms with Gasteiger partial charge < -0.3 is 9.63 Å². The van der Waals surface area contributed by atoms with Crippen LogP contribution in [0.2, 0.25) is 0 Å². The predicted molar refractivity (Wildman–Crippen MR) is 61.9 cm³/mol. The minimum absolute atomic E-state index is 0.172. The van der Waals surface area contributed by atoms with E-state index in [1.165, 1.54) is 0 Å². The molecule has 1 aliphatic rings. The van der Waals surface area contributed by atoms with Gasteiger partial charge in [0.2, 0.25) is 0 Å². The van der Waals surface area contributed by atoms with Gasteiger partial charge in [-0.05, 0) is 25.8 Å². The van der Waals surface area contributed by atoms with E-state index >= 15 is 0 Å². The van der Waals surface area contributed by atoms with Crippen molar-refractivity contribution in [3.8, 4) is 0 Å². The van der Waals surface area contributed by atoms with Crippen LogP contribution in [-0.4, -0.2) is 16.2 Å². The standard InChI is InChI=1S/C13H13NO3/c1-8-9-3-2-4-10(12(9)17-14-8)13(5-6-13)7-11(15)16/h2-4H,5-7H2,1H3,(H,15,16). The molecule has 3 rings (SSSR count). The second kappa shape index (κ2) is 3.32. The van der Waals surface area contributed by atoms with Gasteiger partial charge in [0.15, 0.2) is 5.58 Å². The van der Waals surface area contributed by atoms with Gasteiger partial charge in [-0.25, -0.2) is 0 Å². The van der Waals surface area contributed by atoms with E-state index in [2.05, 4.69) is 5.16 Å². The summed E-state index contributed by atoms with van der Waals surface area (Å²) in [6.45, 7) is 1.90. The number of fused-ring (bicyclic) bond motifs is 1. The van der Waals surface area contributed by atoms with Crippen molar-refractivity contribution < 1.29 is 14.4 Å². The van der Waals surface area contributed by atoms with E-state index in [9.17, 15) is 4.79 Å². The fourth-order valence-electron chi connectivity index (χ4n) is 2.48. The van der Waals surface area contributed by atoms with Crippen LogP contribution in [0, 0.1) is 6.92 Å². The summed E-state index contributed by atoms with van der Waals surface area (Å²) in [5.74, 6) is -0.754. The van der Waals surface area contributed by atoms with E-state index in [1.54, 1.807) is 0 Å². The van der Waals surface area contributed by atoms with E-state index in [-0.39, 0.29) is 11.8 Å². The van der Waals surface area contributed by atoms with E-state index in [4.69, 9.17) is 9.63 Å². The fraction of sp³-hybridized carbons (Fsp3) is 0.385. The molecular weight excluding hydrogens is 218 g/mol. The zero-order chi connectivity index (χ0) is 12.0. The Hall–Kier alpha value is -1.84. The lowest BCUT2D eigenvalue weighted by atomic mass is 9.91. The Kier molecular flexibility index (Phi) is 2.02. The van der Waals surface area contributed by atoms with Gasteiger partial charge in [0.05, 0.1) is 12.1 Å². The van der Waals surface area contributed by atoms with Gasteiger partial charge >= 0.3 is 5.97 Å². The van der Waals surface area contributed by atoms with Crippen LogP contribution in [0.5, 0.6) is 0 Å². The first-order valence-electron chi connectivity index (χ1n) is 5.70. The Labute approximate surface area is 98.2 Å². The first-order chi connectivity index (χ1) is 8.12. The lowest BCUT2D eigenvalue weighted by Gasteiger charge is -2.12. The van der Waals surface area contributed by atoms with E-state index in [1.807, 2.05) is 25.1 Å². The number of hydrogen-bond donors (Lipinski definition) is 1. The van der Waals surface area contributed by atoms with Gasteiger partial charge in [-0.15, -0.1) is 0 Å². The molecule has 1 saturated carbocycles. The number of aryl methyl sites for hydroxylation is 1. The van der Waals surface area contributed by atoms with Crippen molar-refractivity contribution in [2.45, 2.75) is 31.6 Å². The summed E-state index contributed by atoms with van der Waals surface area (Å²) in [6.07, 6.45) is 2.00. The van der Waals surface area contributed by atoms with Crippen molar-refractivity contribution in [1.29, 1.82) is 0 Å². The third-order valence-electron chi connectivity index (χ3n) is 3.59. The van der Waals surface area contributed by atoms with E-state index < -0.39 is 5.97 Å². The molecule has 1 aliphatic carbocycles. The lowest BCUT2D eigenvalue weighted by molar-refractivity contribution is -0.137. The molecule has 4 nitrogen and oxygen atoms in total. The second-order valence-electron chi connectivity index (χ2n) is 4.80. The van der Waals surface area contributed by atoms with Gasteiger partial charge in [0.1, 0.15) is 0 Å². The summed E-state index contributed by atoms with van der Waals surface area (Å²) in [6, 6.07) is 5.87. The highest BCUT2D eigenvalue weighted by molar-refractivity contribution is 5.84. The maximum Gasteiger partial charge on any atom is 0.304 e. The summed E-state index contributed by atoms with van der Waals surface area (Å²) in [7, 11) is 0. The Morgan fingerprint density at radius 2 is 2.29 bits per heavy atom. The molecule has 2 aromatic rings. The summed E-state index contributed by atoms with van der Waals surface area (Å²) < 4.78 is 5.34. The van der Waals surface area contributed by atoms with Gasteiger partial charge in [-0.3, -0.25) is 4.79 Å². The average molecular weight is 231 g/mol. The Bertz CT molecular complexity index is 596. The van der Waals surface area contributed by atoms with Crippen LogP contribution in [0.15, 0.2) is 22.7 Å². The number of carboxylic acids is 1. The van der Waals surface area contributed by atoms with Crippen LogP contribution in [0.1, 0.15) is 30.5 Å². The highest BCUT2D eigenvalue weighted by Crippen LogP contribution is 2.53. The zero-order valence-corrected chi connectivity index (χ0v) is 9.56. The average Bonchev–Trinajstić information content (AvgIpc) is 2.96. The molecule has 0 bridgehead atoms. The van der Waals surface area contributed by atoms with Crippen LogP contribution in [-0.2, 0) is 10.2 Å². The number of benzene rings is 1. The zero-order valence-electron chi connectivity index (χ0n) is 9.56. The molecule has 0 radical (unpaired) electrons. The minimum atomic E-state index is -0.754. The lowest BCUT2D eigenvalue weighted by Crippen LogP contribution is -2.13. The van der Waals surface area contributed by atoms with Crippen molar-refractivity contribution >= 4 is 16.9 Å². The highest BCUT2D eigenvalue weighted by atomic mass is 16.5. The topological polar surface area (TPSA) is 63.3 Å². The summed E-state index contributed by atoms with van der Waals surface area (Å²) >= 11 is 0. The smallest absolute Gasteiger partial charge is 0.304 e. The largest absolute Gasteiger partial charge is 0.481 e. The van der Waals surface area contributed by atoms with Crippen molar-refractivity contribution in [3.63, 3.8) is 0 Å². The predicted octanol–water partition coefficient (Wildman–Crippen LogP) is 2.64. The SMILES string of the molecule is Cc1noc2c(C3(CC(=O)O)CC3)cccc12. The van der Waals surface area contributed by atoms with Crippen molar-refractivity contribution in [1.82, 2.24) is 5.16 Å². The van der Waals surface area contributed by atoms with Crippen LogP contribution in [0.3, 0.4) is 0 Å². The third-order valence-corrected chi connectivity index (χ3v) is 3.59. The number of para-hydroxylation sites is 1. The summed E-state index contributed by atoms with van der Waals surface area (Å²) in [5.41, 5.74) is 2.38. The molecule has 1 heterocycles. The molecule has 0 saturated heterocycles. The molecule has 0 aliphatic heterocycles. The van der Waals surface area contributed by atoms with Gasteiger partial charge in [0, 0.05) is 16.4 Å². The molecule has 0 unspecified atom stereocenters. The maximum absolute atomic E-state index is 10.9. The summed E-state index contributed by atoms with van der Waals surface area (Å²) in [4.78, 5) is 10.9. The number of hydrogen-bond acceptors (Lipinski definition) is 3. The molecule has 0 atom stereocenters. The Balaban J connectivity index is 2.15. The summed E-state index contributed by atoms with van der Waals surface area (Å²) in [5, 5.41) is 13.9. The number of carbonyl (C=O) groups is 1. The number of nitrogens with zero attached hydrogens (tertiary/aromatic N) is 1. The molecule has 0 amide bonds. The number of aromatic nitrogens is 1. The quantitative estimate of drug-likeness (QED) is 0.882. The van der Waals surface area contributed by atoms with Crippen molar-refractivity contribution in [2.24, 2.45) is 0 Å². The van der Waals surface area contributed by atoms with E-state index in [0.29, 0.717) is 0 Å². The molecule has 17 heavy (non-hydrogen) atoms. The minimum Gasteiger partial charge on any atom is -0.481 e. The Morgan fingerprint density at radius 3 is 2.94 bits per heavy atom. The molecule has 1 N–H and O–H groups in total. The van der Waals surface area contributed by atoms with Crippen LogP contribution in [0.25, 0.3) is 11.0 Å². The second-order valence-corrected chi connectivity index (χ2v) is 4.80. The van der Waals surface area contributed by atoms with Crippen LogP contribution >= 0.6 is 0 Å².